The Morgan fingerprint density at radius 2 is 1.46 bits per heavy atom. The summed E-state index contributed by atoms with van der Waals surface area (Å²) in [4.78, 5) is 16.1. The molecule has 6 heteroatoms. The largest absolute Gasteiger partial charge is 0.350 e. The average molecular weight is 321 g/mol. The first-order valence-electron chi connectivity index (χ1n) is 7.76. The minimum absolute atomic E-state index is 0.189. The van der Waals surface area contributed by atoms with Crippen LogP contribution >= 0.6 is 0 Å². The Morgan fingerprint density at radius 3 is 2.00 bits per heavy atom. The van der Waals surface area contributed by atoms with Gasteiger partial charge in [0.25, 0.3) is 0 Å². The molecule has 2 N–H and O–H groups in total. The van der Waals surface area contributed by atoms with E-state index >= 15 is 0 Å². The molecule has 2 aromatic carbocycles. The smallest absolute Gasteiger partial charge is 0.247 e. The van der Waals surface area contributed by atoms with Crippen LogP contribution in [0, 0.1) is 0 Å². The monoisotopic (exact) mass is 321 g/mol. The molecule has 24 heavy (non-hydrogen) atoms. The topological polar surface area (TPSA) is 71.8 Å². The average Bonchev–Trinajstić information content (AvgIpc) is 3.04. The molecule has 0 saturated carbocycles. The van der Waals surface area contributed by atoms with Crippen molar-refractivity contribution in [1.29, 1.82) is 0 Å². The molecule has 0 aliphatic rings. The Morgan fingerprint density at radius 1 is 0.917 bits per heavy atom. The van der Waals surface area contributed by atoms with Crippen molar-refractivity contribution in [3.05, 3.63) is 71.8 Å². The SMILES string of the molecule is CC(=O)n1nc(NCc2ccccc2)nc1NCc1ccccc1. The Balaban J connectivity index is 1.69. The lowest BCUT2D eigenvalue weighted by atomic mass is 10.2. The number of carbonyl (C=O) groups excluding carboxylic acids is 1. The van der Waals surface area contributed by atoms with Crippen molar-refractivity contribution in [3.63, 3.8) is 0 Å². The number of aromatic nitrogens is 3. The molecule has 3 rings (SSSR count). The van der Waals surface area contributed by atoms with E-state index in [1.165, 1.54) is 11.6 Å². The van der Waals surface area contributed by atoms with Crippen molar-refractivity contribution >= 4 is 17.8 Å². The van der Waals surface area contributed by atoms with Crippen LogP contribution in [0.1, 0.15) is 22.8 Å². The molecule has 3 aromatic rings. The van der Waals surface area contributed by atoms with Gasteiger partial charge in [-0.1, -0.05) is 60.7 Å². The van der Waals surface area contributed by atoms with Gasteiger partial charge in [-0.2, -0.15) is 9.67 Å². The summed E-state index contributed by atoms with van der Waals surface area (Å²) in [7, 11) is 0. The number of hydrogen-bond acceptors (Lipinski definition) is 5. The highest BCUT2D eigenvalue weighted by Crippen LogP contribution is 2.12. The molecule has 0 spiro atoms. The zero-order valence-electron chi connectivity index (χ0n) is 13.4. The van der Waals surface area contributed by atoms with Crippen molar-refractivity contribution in [2.75, 3.05) is 10.6 Å². The van der Waals surface area contributed by atoms with E-state index in [-0.39, 0.29) is 5.91 Å². The summed E-state index contributed by atoms with van der Waals surface area (Å²) < 4.78 is 1.27. The van der Waals surface area contributed by atoms with Gasteiger partial charge in [0.15, 0.2) is 0 Å². The summed E-state index contributed by atoms with van der Waals surface area (Å²) >= 11 is 0. The molecule has 0 fully saturated rings. The Bertz CT molecular complexity index is 799. The van der Waals surface area contributed by atoms with Crippen LogP contribution in [0.4, 0.5) is 11.9 Å². The van der Waals surface area contributed by atoms with Gasteiger partial charge < -0.3 is 10.6 Å². The summed E-state index contributed by atoms with van der Waals surface area (Å²) in [5.74, 6) is 0.664. The lowest BCUT2D eigenvalue weighted by Gasteiger charge is -2.05. The molecule has 0 radical (unpaired) electrons. The van der Waals surface area contributed by atoms with Gasteiger partial charge in [-0.05, 0) is 11.1 Å². The van der Waals surface area contributed by atoms with Crippen molar-refractivity contribution in [3.8, 4) is 0 Å². The first-order chi connectivity index (χ1) is 11.7. The normalized spacial score (nSPS) is 10.4. The Hall–Kier alpha value is -3.15. The van der Waals surface area contributed by atoms with Crippen molar-refractivity contribution in [2.24, 2.45) is 0 Å². The highest BCUT2D eigenvalue weighted by molar-refractivity contribution is 5.78. The molecule has 0 bridgehead atoms. The summed E-state index contributed by atoms with van der Waals surface area (Å²) in [6.45, 7) is 2.63. The van der Waals surface area contributed by atoms with E-state index in [4.69, 9.17) is 0 Å². The molecule has 0 atom stereocenters. The second-order valence-electron chi connectivity index (χ2n) is 5.37. The second kappa shape index (κ2) is 7.41. The third kappa shape index (κ3) is 3.98. The van der Waals surface area contributed by atoms with Crippen molar-refractivity contribution in [2.45, 2.75) is 20.0 Å². The lowest BCUT2D eigenvalue weighted by Crippen LogP contribution is -2.13. The van der Waals surface area contributed by atoms with Crippen LogP contribution in [0.2, 0.25) is 0 Å². The summed E-state index contributed by atoms with van der Waals surface area (Å²) in [6, 6.07) is 19.9. The highest BCUT2D eigenvalue weighted by atomic mass is 16.2. The zero-order chi connectivity index (χ0) is 16.8. The van der Waals surface area contributed by atoms with Crippen LogP contribution in [0.5, 0.6) is 0 Å². The molecule has 1 aromatic heterocycles. The lowest BCUT2D eigenvalue weighted by molar-refractivity contribution is 0.0924. The molecular formula is C18H19N5O. The number of rotatable bonds is 6. The second-order valence-corrected chi connectivity index (χ2v) is 5.37. The van der Waals surface area contributed by atoms with Gasteiger partial charge in [-0.15, -0.1) is 5.10 Å². The Labute approximate surface area is 140 Å². The van der Waals surface area contributed by atoms with Crippen LogP contribution in [-0.4, -0.2) is 20.7 Å². The van der Waals surface area contributed by atoms with Gasteiger partial charge in [0, 0.05) is 20.0 Å². The Kier molecular flexibility index (Phi) is 4.86. The first kappa shape index (κ1) is 15.7. The van der Waals surface area contributed by atoms with E-state index in [1.807, 2.05) is 60.7 Å². The van der Waals surface area contributed by atoms with Gasteiger partial charge in [-0.25, -0.2) is 0 Å². The van der Waals surface area contributed by atoms with Gasteiger partial charge >= 0.3 is 0 Å². The summed E-state index contributed by atoms with van der Waals surface area (Å²) in [5.41, 5.74) is 2.23. The predicted octanol–water partition coefficient (Wildman–Crippen LogP) is 3.16. The third-order valence-electron chi connectivity index (χ3n) is 3.49. The maximum Gasteiger partial charge on any atom is 0.247 e. The molecule has 0 unspecified atom stereocenters. The summed E-state index contributed by atoms with van der Waals surface area (Å²) in [5, 5.41) is 10.5. The molecular weight excluding hydrogens is 302 g/mol. The quantitative estimate of drug-likeness (QED) is 0.729. The van der Waals surface area contributed by atoms with E-state index in [2.05, 4.69) is 20.7 Å². The summed E-state index contributed by atoms with van der Waals surface area (Å²) in [6.07, 6.45) is 0. The predicted molar refractivity (Wildman–Crippen MR) is 93.9 cm³/mol. The number of carbonyl (C=O) groups is 1. The van der Waals surface area contributed by atoms with Crippen molar-refractivity contribution in [1.82, 2.24) is 14.8 Å². The molecule has 0 aliphatic carbocycles. The maximum atomic E-state index is 11.8. The van der Waals surface area contributed by atoms with E-state index < -0.39 is 0 Å². The van der Waals surface area contributed by atoms with Gasteiger partial charge in [0.05, 0.1) is 0 Å². The minimum atomic E-state index is -0.189. The molecule has 1 heterocycles. The van der Waals surface area contributed by atoms with Crippen LogP contribution < -0.4 is 10.6 Å². The zero-order valence-corrected chi connectivity index (χ0v) is 13.4. The van der Waals surface area contributed by atoms with E-state index in [1.54, 1.807) is 0 Å². The molecule has 0 saturated heterocycles. The van der Waals surface area contributed by atoms with Gasteiger partial charge in [0.2, 0.25) is 17.8 Å². The maximum absolute atomic E-state index is 11.8. The fourth-order valence-corrected chi connectivity index (χ4v) is 2.27. The minimum Gasteiger partial charge on any atom is -0.350 e. The highest BCUT2D eigenvalue weighted by Gasteiger charge is 2.12. The number of hydrogen-bond donors (Lipinski definition) is 2. The molecule has 6 nitrogen and oxygen atoms in total. The number of nitrogens with one attached hydrogen (secondary N) is 2. The molecule has 122 valence electrons. The van der Waals surface area contributed by atoms with Crippen LogP contribution in [0.3, 0.4) is 0 Å². The molecule has 0 aliphatic heterocycles. The third-order valence-corrected chi connectivity index (χ3v) is 3.49. The van der Waals surface area contributed by atoms with Crippen LogP contribution in [0.25, 0.3) is 0 Å². The van der Waals surface area contributed by atoms with E-state index in [0.29, 0.717) is 25.0 Å². The number of benzene rings is 2. The van der Waals surface area contributed by atoms with E-state index in [9.17, 15) is 4.79 Å². The number of anilines is 2. The standard InChI is InChI=1S/C18H19N5O/c1-14(24)23-18(20-13-16-10-6-3-7-11-16)21-17(22-23)19-12-15-8-4-2-5-9-15/h2-11H,12-13H2,1H3,(H2,19,20,21,22). The van der Waals surface area contributed by atoms with E-state index in [0.717, 1.165) is 11.1 Å². The van der Waals surface area contributed by atoms with Gasteiger partial charge in [-0.3, -0.25) is 4.79 Å². The fourth-order valence-electron chi connectivity index (χ4n) is 2.27. The van der Waals surface area contributed by atoms with Crippen LogP contribution in [0.15, 0.2) is 60.7 Å². The first-order valence-corrected chi connectivity index (χ1v) is 7.76. The number of nitrogens with zero attached hydrogens (tertiary/aromatic N) is 3. The van der Waals surface area contributed by atoms with Crippen LogP contribution in [-0.2, 0) is 13.1 Å². The fraction of sp³-hybridized carbons (Fsp3) is 0.167. The molecule has 0 amide bonds. The van der Waals surface area contributed by atoms with Crippen molar-refractivity contribution < 1.29 is 4.79 Å². The van der Waals surface area contributed by atoms with Gasteiger partial charge in [0.1, 0.15) is 0 Å².